The van der Waals surface area contributed by atoms with Crippen LogP contribution in [-0.2, 0) is 4.79 Å². The molecule has 0 aliphatic rings. The molecule has 0 aliphatic heterocycles. The molecule has 1 atom stereocenters. The van der Waals surface area contributed by atoms with E-state index in [1.54, 1.807) is 21.6 Å². The molecule has 0 saturated carbocycles. The van der Waals surface area contributed by atoms with Gasteiger partial charge in [-0.05, 0) is 6.26 Å². The average molecular weight is 166 g/mol. The predicted molar refractivity (Wildman–Crippen MR) is 42.8 cm³/mol. The number of carbonyl (C=O) groups is 1. The van der Waals surface area contributed by atoms with E-state index in [1.807, 2.05) is 13.2 Å². The third-order valence-corrected chi connectivity index (χ3v) is 2.97. The van der Waals surface area contributed by atoms with E-state index in [1.165, 1.54) is 0 Å². The summed E-state index contributed by atoms with van der Waals surface area (Å²) >= 11 is 0. The van der Waals surface area contributed by atoms with Gasteiger partial charge in [0, 0.05) is 5.25 Å². The number of hydrogen-bond donors (Lipinski definition) is 1. The van der Waals surface area contributed by atoms with Gasteiger partial charge in [0.25, 0.3) is 0 Å². The van der Waals surface area contributed by atoms with E-state index < -0.39 is 5.97 Å². The molecule has 2 nitrogen and oxygen atoms in total. The van der Waals surface area contributed by atoms with E-state index in [2.05, 4.69) is 0 Å². The first-order chi connectivity index (χ1) is 4.16. The van der Waals surface area contributed by atoms with Crippen LogP contribution >= 0.6 is 21.6 Å². The Hall–Kier alpha value is 0.170. The van der Waals surface area contributed by atoms with Gasteiger partial charge in [-0.2, -0.15) is 0 Å². The van der Waals surface area contributed by atoms with Crippen LogP contribution in [-0.4, -0.2) is 22.6 Å². The molecule has 0 amide bonds. The van der Waals surface area contributed by atoms with E-state index in [0.717, 1.165) is 0 Å². The highest BCUT2D eigenvalue weighted by molar-refractivity contribution is 8.76. The monoisotopic (exact) mass is 166 g/mol. The lowest BCUT2D eigenvalue weighted by Crippen LogP contribution is -2.03. The van der Waals surface area contributed by atoms with E-state index in [9.17, 15) is 4.79 Å². The Bertz CT molecular complexity index is 95.0. The van der Waals surface area contributed by atoms with Crippen LogP contribution in [0.1, 0.15) is 13.3 Å². The van der Waals surface area contributed by atoms with Gasteiger partial charge in [0.15, 0.2) is 0 Å². The Kier molecular flexibility index (Phi) is 5.09. The summed E-state index contributed by atoms with van der Waals surface area (Å²) in [5, 5.41) is 8.51. The molecule has 0 aromatic carbocycles. The van der Waals surface area contributed by atoms with Crippen molar-refractivity contribution in [2.75, 3.05) is 6.26 Å². The molecule has 4 heteroatoms. The topological polar surface area (TPSA) is 37.3 Å². The second kappa shape index (κ2) is 4.99. The summed E-state index contributed by atoms with van der Waals surface area (Å²) in [6.07, 6.45) is 2.20. The fourth-order valence-electron chi connectivity index (χ4n) is 0.444. The first-order valence-electron chi connectivity index (χ1n) is 2.58. The van der Waals surface area contributed by atoms with Gasteiger partial charge < -0.3 is 5.11 Å². The Labute approximate surface area is 62.8 Å². The van der Waals surface area contributed by atoms with Crippen molar-refractivity contribution in [3.8, 4) is 0 Å². The molecule has 0 aromatic rings. The highest BCUT2D eigenvalue weighted by Crippen LogP contribution is 2.24. The number of rotatable bonds is 4. The van der Waals surface area contributed by atoms with E-state index in [0.29, 0.717) is 0 Å². The normalized spacial score (nSPS) is 13.1. The maximum atomic E-state index is 10.1. The highest BCUT2D eigenvalue weighted by atomic mass is 33.1. The molecule has 0 bridgehead atoms. The maximum absolute atomic E-state index is 10.1. The molecule has 0 fully saturated rings. The molecule has 0 aromatic heterocycles. The Morgan fingerprint density at radius 3 is 2.67 bits per heavy atom. The SMILES string of the molecule is CSSC(C)CC(=O)O. The largest absolute Gasteiger partial charge is 0.481 e. The van der Waals surface area contributed by atoms with Crippen LogP contribution in [0.3, 0.4) is 0 Å². The molecule has 0 radical (unpaired) electrons. The van der Waals surface area contributed by atoms with Crippen molar-refractivity contribution in [2.24, 2.45) is 0 Å². The molecule has 1 N–H and O–H groups in total. The number of carboxylic acid groups (broad SMARTS) is 1. The quantitative estimate of drug-likeness (QED) is 0.647. The van der Waals surface area contributed by atoms with Crippen molar-refractivity contribution in [3.05, 3.63) is 0 Å². The van der Waals surface area contributed by atoms with Gasteiger partial charge in [0.05, 0.1) is 6.42 Å². The van der Waals surface area contributed by atoms with Crippen LogP contribution in [0.15, 0.2) is 0 Å². The van der Waals surface area contributed by atoms with Gasteiger partial charge in [-0.25, -0.2) is 0 Å². The number of aliphatic carboxylic acids is 1. The lowest BCUT2D eigenvalue weighted by molar-refractivity contribution is -0.136. The van der Waals surface area contributed by atoms with Gasteiger partial charge >= 0.3 is 5.97 Å². The van der Waals surface area contributed by atoms with Crippen LogP contribution in [0.2, 0.25) is 0 Å². The molecule has 0 heterocycles. The predicted octanol–water partition coefficient (Wildman–Crippen LogP) is 1.86. The van der Waals surface area contributed by atoms with Crippen LogP contribution in [0.25, 0.3) is 0 Å². The molecule has 0 aliphatic carbocycles. The van der Waals surface area contributed by atoms with Gasteiger partial charge in [0.2, 0.25) is 0 Å². The minimum absolute atomic E-state index is 0.220. The van der Waals surface area contributed by atoms with Crippen molar-refractivity contribution in [1.29, 1.82) is 0 Å². The van der Waals surface area contributed by atoms with E-state index >= 15 is 0 Å². The summed E-state index contributed by atoms with van der Waals surface area (Å²) in [5.74, 6) is -0.718. The first kappa shape index (κ1) is 9.17. The van der Waals surface area contributed by atoms with E-state index in [-0.39, 0.29) is 11.7 Å². The van der Waals surface area contributed by atoms with Gasteiger partial charge in [-0.15, -0.1) is 0 Å². The highest BCUT2D eigenvalue weighted by Gasteiger charge is 2.05. The summed E-state index contributed by atoms with van der Waals surface area (Å²) in [6, 6.07) is 0. The summed E-state index contributed by atoms with van der Waals surface area (Å²) in [5.41, 5.74) is 0. The number of hydrogen-bond acceptors (Lipinski definition) is 3. The van der Waals surface area contributed by atoms with Crippen molar-refractivity contribution in [3.63, 3.8) is 0 Å². The van der Waals surface area contributed by atoms with Crippen LogP contribution in [0.4, 0.5) is 0 Å². The first-order valence-corrected chi connectivity index (χ1v) is 5.20. The van der Waals surface area contributed by atoms with Crippen molar-refractivity contribution in [1.82, 2.24) is 0 Å². The lowest BCUT2D eigenvalue weighted by atomic mass is 10.3. The molecule has 1 unspecified atom stereocenters. The van der Waals surface area contributed by atoms with E-state index in [4.69, 9.17) is 5.11 Å². The van der Waals surface area contributed by atoms with Crippen molar-refractivity contribution >= 4 is 27.6 Å². The van der Waals surface area contributed by atoms with Crippen LogP contribution in [0.5, 0.6) is 0 Å². The third-order valence-electron chi connectivity index (χ3n) is 0.723. The smallest absolute Gasteiger partial charge is 0.304 e. The molecule has 0 saturated heterocycles. The fourth-order valence-corrected chi connectivity index (χ4v) is 2.17. The van der Waals surface area contributed by atoms with Crippen LogP contribution < -0.4 is 0 Å². The molecule has 0 spiro atoms. The minimum atomic E-state index is -0.718. The minimum Gasteiger partial charge on any atom is -0.481 e. The number of carboxylic acids is 1. The molecule has 9 heavy (non-hydrogen) atoms. The zero-order valence-electron chi connectivity index (χ0n) is 5.46. The third kappa shape index (κ3) is 6.05. The Morgan fingerprint density at radius 2 is 2.33 bits per heavy atom. The second-order valence-electron chi connectivity index (χ2n) is 1.67. The fraction of sp³-hybridized carbons (Fsp3) is 0.800. The van der Waals surface area contributed by atoms with Crippen molar-refractivity contribution in [2.45, 2.75) is 18.6 Å². The maximum Gasteiger partial charge on any atom is 0.304 e. The zero-order chi connectivity index (χ0) is 7.28. The Balaban J connectivity index is 3.26. The standard InChI is InChI=1S/C5H10O2S2/c1-4(9-8-2)3-5(6)7/h4H,3H2,1-2H3,(H,6,7). The molecular formula is C5H10O2S2. The Morgan fingerprint density at radius 1 is 1.78 bits per heavy atom. The lowest BCUT2D eigenvalue weighted by Gasteiger charge is -2.02. The van der Waals surface area contributed by atoms with Crippen LogP contribution in [0, 0.1) is 0 Å². The average Bonchev–Trinajstić information content (AvgIpc) is 1.63. The summed E-state index contributed by atoms with van der Waals surface area (Å²) in [7, 11) is 3.20. The molecular weight excluding hydrogens is 156 g/mol. The summed E-state index contributed by atoms with van der Waals surface area (Å²) < 4.78 is 0. The molecule has 0 rings (SSSR count). The van der Waals surface area contributed by atoms with Gasteiger partial charge in [-0.3, -0.25) is 4.79 Å². The van der Waals surface area contributed by atoms with Gasteiger partial charge in [0.1, 0.15) is 0 Å². The summed E-state index contributed by atoms with van der Waals surface area (Å²) in [6.45, 7) is 1.91. The van der Waals surface area contributed by atoms with Gasteiger partial charge in [-0.1, -0.05) is 28.5 Å². The van der Waals surface area contributed by atoms with Crippen molar-refractivity contribution < 1.29 is 9.90 Å². The summed E-state index contributed by atoms with van der Waals surface area (Å²) in [4.78, 5) is 10.1. The molecule has 54 valence electrons. The zero-order valence-corrected chi connectivity index (χ0v) is 7.09. The second-order valence-corrected chi connectivity index (χ2v) is 4.58.